The molecule has 11 nitrogen and oxygen atoms in total. The van der Waals surface area contributed by atoms with Crippen molar-refractivity contribution < 1.29 is 31.1 Å². The van der Waals surface area contributed by atoms with E-state index in [4.69, 9.17) is 16.3 Å². The van der Waals surface area contributed by atoms with E-state index in [1.807, 2.05) is 4.72 Å². The van der Waals surface area contributed by atoms with Crippen LogP contribution in [-0.4, -0.2) is 63.7 Å². The van der Waals surface area contributed by atoms with Crippen LogP contribution in [0.3, 0.4) is 0 Å². The van der Waals surface area contributed by atoms with Gasteiger partial charge >= 0.3 is 6.18 Å². The fourth-order valence-corrected chi connectivity index (χ4v) is 6.93. The van der Waals surface area contributed by atoms with Gasteiger partial charge in [-0.3, -0.25) is 9.48 Å². The summed E-state index contributed by atoms with van der Waals surface area (Å²) in [4.78, 5) is 17.0. The van der Waals surface area contributed by atoms with Crippen molar-refractivity contribution in [3.8, 4) is 11.7 Å². The average molecular weight is 695 g/mol. The highest BCUT2D eigenvalue weighted by Crippen LogP contribution is 2.59. The van der Waals surface area contributed by atoms with E-state index in [2.05, 4.69) is 34.3 Å². The molecule has 0 aromatic carbocycles. The summed E-state index contributed by atoms with van der Waals surface area (Å²) in [6, 6.07) is 4.15. The van der Waals surface area contributed by atoms with Gasteiger partial charge in [0.1, 0.15) is 5.15 Å². The molecular weight excluding hydrogens is 658 g/mol. The molecule has 2 fully saturated rings. The van der Waals surface area contributed by atoms with Gasteiger partial charge in [0.05, 0.1) is 17.6 Å². The number of sulfonamides is 1. The molecule has 2 aliphatic rings. The molecule has 4 heterocycles. The highest BCUT2D eigenvalue weighted by atomic mass is 35.5. The Bertz CT molecular complexity index is 1640. The topological polar surface area (TPSA) is 133 Å². The molecule has 1 saturated carbocycles. The quantitative estimate of drug-likeness (QED) is 0.246. The number of ether oxygens (including phenoxy) is 1. The summed E-state index contributed by atoms with van der Waals surface area (Å²) in [5.41, 5.74) is -1.32. The minimum absolute atomic E-state index is 0. The molecule has 1 aliphatic heterocycles. The molecule has 5 rings (SSSR count). The highest BCUT2D eigenvalue weighted by Gasteiger charge is 2.62. The Kier molecular flexibility index (Phi) is 10.2. The molecule has 1 aliphatic carbocycles. The van der Waals surface area contributed by atoms with Crippen molar-refractivity contribution >= 4 is 39.9 Å². The van der Waals surface area contributed by atoms with Crippen LogP contribution in [0.15, 0.2) is 35.6 Å². The standard InChI is InChI=1S/C28H35ClF3N7O4S.ClH/c1-18-17-38(12-4-5-19-15-26(2,3)33-16-19)36-25(18)44(41,42)37-24(40)20-6-7-21(34-23(20)29)39-13-8-22(35-39)43-14-11-27(9-10-27)28(30,31)32;/h6-8,13,17,19,33H,4-5,9-12,14-16H2,1-3H3,(H,37,40);1H. The SMILES string of the molecule is Cc1cn(CCCC2CNC(C)(C)C2)nc1S(=O)(=O)NC(=O)c1ccc(-n2ccc(OCCC3(C(F)(F)F)CC3)n2)nc1Cl.Cl. The first-order chi connectivity index (χ1) is 20.6. The number of nitrogens with zero attached hydrogens (tertiary/aromatic N) is 5. The number of amides is 1. The van der Waals surface area contributed by atoms with Gasteiger partial charge in [0.2, 0.25) is 5.88 Å². The van der Waals surface area contributed by atoms with E-state index < -0.39 is 27.5 Å². The smallest absolute Gasteiger partial charge is 0.394 e. The highest BCUT2D eigenvalue weighted by molar-refractivity contribution is 7.90. The van der Waals surface area contributed by atoms with Crippen LogP contribution in [0, 0.1) is 18.3 Å². The van der Waals surface area contributed by atoms with E-state index in [0.29, 0.717) is 18.0 Å². The van der Waals surface area contributed by atoms with E-state index in [1.165, 1.54) is 29.1 Å². The van der Waals surface area contributed by atoms with Crippen LogP contribution in [0.5, 0.6) is 5.88 Å². The second-order valence-electron chi connectivity index (χ2n) is 12.3. The normalized spacial score (nSPS) is 18.8. The Morgan fingerprint density at radius 1 is 1.22 bits per heavy atom. The third-order valence-electron chi connectivity index (χ3n) is 8.21. The fourth-order valence-electron chi connectivity index (χ4n) is 5.55. The van der Waals surface area contributed by atoms with Gasteiger partial charge in [-0.05, 0) is 83.9 Å². The summed E-state index contributed by atoms with van der Waals surface area (Å²) in [6.07, 6.45) is 1.81. The molecule has 1 unspecified atom stereocenters. The van der Waals surface area contributed by atoms with Crippen LogP contribution in [0.4, 0.5) is 13.2 Å². The summed E-state index contributed by atoms with van der Waals surface area (Å²) >= 11 is 6.23. The summed E-state index contributed by atoms with van der Waals surface area (Å²) in [5, 5.41) is 11.3. The Hall–Kier alpha value is -2.88. The second kappa shape index (κ2) is 13.1. The van der Waals surface area contributed by atoms with Gasteiger partial charge < -0.3 is 10.1 Å². The van der Waals surface area contributed by atoms with Gasteiger partial charge in [-0.15, -0.1) is 17.5 Å². The van der Waals surface area contributed by atoms with E-state index >= 15 is 0 Å². The minimum Gasteiger partial charge on any atom is -0.477 e. The molecule has 1 saturated heterocycles. The lowest BCUT2D eigenvalue weighted by Gasteiger charge is -2.18. The van der Waals surface area contributed by atoms with Crippen molar-refractivity contribution in [3.05, 3.63) is 46.9 Å². The van der Waals surface area contributed by atoms with Crippen molar-refractivity contribution in [2.24, 2.45) is 11.3 Å². The number of aryl methyl sites for hydroxylation is 2. The zero-order chi connectivity index (χ0) is 31.9. The molecule has 45 heavy (non-hydrogen) atoms. The number of rotatable bonds is 12. The molecule has 248 valence electrons. The summed E-state index contributed by atoms with van der Waals surface area (Å²) in [6.45, 7) is 7.33. The first-order valence-electron chi connectivity index (χ1n) is 14.4. The van der Waals surface area contributed by atoms with E-state index in [0.717, 1.165) is 25.8 Å². The first-order valence-corrected chi connectivity index (χ1v) is 16.2. The van der Waals surface area contributed by atoms with Gasteiger partial charge in [0, 0.05) is 36.1 Å². The number of carbonyl (C=O) groups is 1. The number of carbonyl (C=O) groups excluding carboxylic acids is 1. The number of aromatic nitrogens is 5. The molecule has 0 spiro atoms. The van der Waals surface area contributed by atoms with Crippen molar-refractivity contribution in [1.82, 2.24) is 34.6 Å². The maximum Gasteiger partial charge on any atom is 0.394 e. The number of nitrogens with one attached hydrogen (secondary N) is 2. The van der Waals surface area contributed by atoms with Gasteiger partial charge in [-0.1, -0.05) is 11.6 Å². The molecular formula is C28H36Cl2F3N7O4S. The Balaban J connectivity index is 0.00000461. The summed E-state index contributed by atoms with van der Waals surface area (Å²) in [7, 11) is -4.31. The predicted octanol–water partition coefficient (Wildman–Crippen LogP) is 5.25. The molecule has 2 N–H and O–H groups in total. The van der Waals surface area contributed by atoms with E-state index in [-0.39, 0.29) is 71.3 Å². The van der Waals surface area contributed by atoms with Crippen molar-refractivity contribution in [3.63, 3.8) is 0 Å². The lowest BCUT2D eigenvalue weighted by atomic mass is 9.94. The van der Waals surface area contributed by atoms with Crippen molar-refractivity contribution in [1.29, 1.82) is 0 Å². The first kappa shape index (κ1) is 35.0. The maximum atomic E-state index is 13.1. The zero-order valence-electron chi connectivity index (χ0n) is 25.0. The monoisotopic (exact) mass is 693 g/mol. The average Bonchev–Trinajstić information content (AvgIpc) is 3.22. The summed E-state index contributed by atoms with van der Waals surface area (Å²) in [5.74, 6) is -0.139. The minimum atomic E-state index is -4.31. The molecule has 1 atom stereocenters. The van der Waals surface area contributed by atoms with Crippen LogP contribution in [0.1, 0.15) is 68.3 Å². The maximum absolute atomic E-state index is 13.1. The third kappa shape index (κ3) is 8.10. The molecule has 3 aromatic rings. The predicted molar refractivity (Wildman–Crippen MR) is 162 cm³/mol. The van der Waals surface area contributed by atoms with Crippen LogP contribution in [0.2, 0.25) is 5.15 Å². The van der Waals surface area contributed by atoms with Crippen LogP contribution in [-0.2, 0) is 16.6 Å². The number of hydrogen-bond acceptors (Lipinski definition) is 8. The molecule has 3 aromatic heterocycles. The summed E-state index contributed by atoms with van der Waals surface area (Å²) < 4.78 is 75.7. The zero-order valence-corrected chi connectivity index (χ0v) is 27.4. The van der Waals surface area contributed by atoms with Gasteiger partial charge in [0.15, 0.2) is 10.8 Å². The third-order valence-corrected chi connectivity index (χ3v) is 9.87. The van der Waals surface area contributed by atoms with Crippen molar-refractivity contribution in [2.45, 2.75) is 82.6 Å². The molecule has 0 bridgehead atoms. The largest absolute Gasteiger partial charge is 0.477 e. The Morgan fingerprint density at radius 3 is 2.58 bits per heavy atom. The van der Waals surface area contributed by atoms with E-state index in [9.17, 15) is 26.4 Å². The van der Waals surface area contributed by atoms with Crippen LogP contribution in [0.25, 0.3) is 5.82 Å². The van der Waals surface area contributed by atoms with Crippen LogP contribution >= 0.6 is 24.0 Å². The fraction of sp³-hybridized carbons (Fsp3) is 0.571. The lowest BCUT2D eigenvalue weighted by Crippen LogP contribution is -2.31. The van der Waals surface area contributed by atoms with E-state index in [1.54, 1.807) is 17.8 Å². The number of hydrogen-bond donors (Lipinski definition) is 2. The Morgan fingerprint density at radius 2 is 1.96 bits per heavy atom. The number of halogens is 5. The second-order valence-corrected chi connectivity index (χ2v) is 14.2. The van der Waals surface area contributed by atoms with Gasteiger partial charge in [-0.2, -0.15) is 26.7 Å². The number of pyridine rings is 1. The Labute approximate surface area is 270 Å². The van der Waals surface area contributed by atoms with Crippen molar-refractivity contribution in [2.75, 3.05) is 13.2 Å². The number of alkyl halides is 3. The molecule has 0 radical (unpaired) electrons. The lowest BCUT2D eigenvalue weighted by molar-refractivity contribution is -0.190. The van der Waals surface area contributed by atoms with Gasteiger partial charge in [0.25, 0.3) is 15.9 Å². The molecule has 1 amide bonds. The van der Waals surface area contributed by atoms with Crippen LogP contribution < -0.4 is 14.8 Å². The molecule has 17 heteroatoms. The van der Waals surface area contributed by atoms with Gasteiger partial charge in [-0.25, -0.2) is 14.4 Å².